The Morgan fingerprint density at radius 2 is 1.62 bits per heavy atom. The summed E-state index contributed by atoms with van der Waals surface area (Å²) in [6.45, 7) is 6.15. The lowest BCUT2D eigenvalue weighted by Gasteiger charge is -2.27. The fourth-order valence-electron chi connectivity index (χ4n) is 3.31. The molecule has 0 N–H and O–H groups in total. The molecule has 0 bridgehead atoms. The smallest absolute Gasteiger partial charge is 0.242 e. The summed E-state index contributed by atoms with van der Waals surface area (Å²) in [6.07, 6.45) is 5.70. The zero-order chi connectivity index (χ0) is 20.9. The lowest BCUT2D eigenvalue weighted by Crippen LogP contribution is -2.42. The molecule has 0 aliphatic rings. The second-order valence-electron chi connectivity index (χ2n) is 7.44. The van der Waals surface area contributed by atoms with E-state index in [2.05, 4.69) is 19.9 Å². The Labute approximate surface area is 179 Å². The molecule has 29 heavy (non-hydrogen) atoms. The summed E-state index contributed by atoms with van der Waals surface area (Å²) in [5, 5.41) is 2.03. The summed E-state index contributed by atoms with van der Waals surface area (Å²) < 4.78 is 0. The number of amides is 2. The first-order valence-corrected chi connectivity index (χ1v) is 11.6. The first-order chi connectivity index (χ1) is 14.1. The van der Waals surface area contributed by atoms with Crippen LogP contribution in [0.3, 0.4) is 0 Å². The van der Waals surface area contributed by atoms with Crippen molar-refractivity contribution in [3.63, 3.8) is 0 Å². The highest BCUT2D eigenvalue weighted by Gasteiger charge is 2.21. The molecule has 2 rings (SSSR count). The molecule has 0 saturated heterocycles. The molecular weight excluding hydrogens is 380 g/mol. The van der Waals surface area contributed by atoms with Gasteiger partial charge in [0.15, 0.2) is 0 Å². The molecule has 0 atom stereocenters. The summed E-state index contributed by atoms with van der Waals surface area (Å²) in [4.78, 5) is 30.6. The Kier molecular flexibility index (Phi) is 10.5. The van der Waals surface area contributed by atoms with Gasteiger partial charge in [-0.3, -0.25) is 9.59 Å². The quantitative estimate of drug-likeness (QED) is 0.407. The summed E-state index contributed by atoms with van der Waals surface area (Å²) >= 11 is 1.66. The molecule has 0 saturated carbocycles. The van der Waals surface area contributed by atoms with E-state index in [0.717, 1.165) is 42.5 Å². The topological polar surface area (TPSA) is 40.6 Å². The minimum absolute atomic E-state index is 0.0117. The molecule has 0 unspecified atom stereocenters. The van der Waals surface area contributed by atoms with Crippen LogP contribution in [0, 0.1) is 0 Å². The van der Waals surface area contributed by atoms with Gasteiger partial charge in [0.2, 0.25) is 11.8 Å². The number of benzene rings is 1. The molecule has 158 valence electrons. The molecule has 0 aliphatic heterocycles. The molecule has 2 aromatic rings. The van der Waals surface area contributed by atoms with Crippen molar-refractivity contribution in [2.45, 2.75) is 65.5 Å². The van der Waals surface area contributed by atoms with Crippen LogP contribution in [0.25, 0.3) is 0 Å². The number of carbonyl (C=O) groups is 2. The van der Waals surface area contributed by atoms with Gasteiger partial charge in [-0.15, -0.1) is 11.3 Å². The monoisotopic (exact) mass is 414 g/mol. The number of hydrogen-bond acceptors (Lipinski definition) is 3. The van der Waals surface area contributed by atoms with E-state index in [-0.39, 0.29) is 18.4 Å². The molecule has 5 heteroatoms. The van der Waals surface area contributed by atoms with Crippen LogP contribution in [0.15, 0.2) is 47.8 Å². The van der Waals surface area contributed by atoms with E-state index in [1.165, 1.54) is 0 Å². The summed E-state index contributed by atoms with van der Waals surface area (Å²) in [6, 6.07) is 14.1. The van der Waals surface area contributed by atoms with E-state index in [0.29, 0.717) is 26.1 Å². The van der Waals surface area contributed by atoms with E-state index in [1.54, 1.807) is 16.2 Å². The number of unbranched alkanes of at least 4 members (excludes halogenated alkanes) is 3. The van der Waals surface area contributed by atoms with Gasteiger partial charge < -0.3 is 9.80 Å². The van der Waals surface area contributed by atoms with Gasteiger partial charge in [-0.25, -0.2) is 0 Å². The van der Waals surface area contributed by atoms with Gasteiger partial charge in [-0.1, -0.05) is 69.5 Å². The highest BCUT2D eigenvalue weighted by molar-refractivity contribution is 7.09. The van der Waals surface area contributed by atoms with Crippen molar-refractivity contribution < 1.29 is 9.59 Å². The maximum absolute atomic E-state index is 13.2. The van der Waals surface area contributed by atoms with E-state index in [1.807, 2.05) is 46.7 Å². The normalized spacial score (nSPS) is 10.7. The van der Waals surface area contributed by atoms with Crippen LogP contribution in [-0.2, 0) is 22.7 Å². The maximum atomic E-state index is 13.2. The predicted molar refractivity (Wildman–Crippen MR) is 121 cm³/mol. The zero-order valence-electron chi connectivity index (χ0n) is 17.8. The Morgan fingerprint density at radius 3 is 2.28 bits per heavy atom. The predicted octanol–water partition coefficient (Wildman–Crippen LogP) is 5.49. The lowest BCUT2D eigenvalue weighted by molar-refractivity contribution is -0.141. The van der Waals surface area contributed by atoms with Crippen LogP contribution in [0.1, 0.15) is 62.8 Å². The van der Waals surface area contributed by atoms with Gasteiger partial charge >= 0.3 is 0 Å². The Balaban J connectivity index is 2.03. The largest absolute Gasteiger partial charge is 0.333 e. The maximum Gasteiger partial charge on any atom is 0.242 e. The SMILES string of the molecule is CCCCCCC(=O)N(CCC)CC(=O)N(Cc1ccccc1)Cc1cccs1. The third-order valence-electron chi connectivity index (χ3n) is 4.91. The highest BCUT2D eigenvalue weighted by Crippen LogP contribution is 2.16. The standard InChI is InChI=1S/C24H34N2O2S/c1-3-5-6-10-15-23(27)25(16-4-2)20-24(28)26(19-22-14-11-17-29-22)18-21-12-8-7-9-13-21/h7-9,11-14,17H,3-6,10,15-16,18-20H2,1-2H3. The molecule has 1 aromatic carbocycles. The molecule has 0 radical (unpaired) electrons. The van der Waals surface area contributed by atoms with E-state index in [9.17, 15) is 9.59 Å². The van der Waals surface area contributed by atoms with Gasteiger partial charge in [0, 0.05) is 24.4 Å². The molecule has 2 amide bonds. The second-order valence-corrected chi connectivity index (χ2v) is 8.47. The van der Waals surface area contributed by atoms with Crippen molar-refractivity contribution in [2.75, 3.05) is 13.1 Å². The van der Waals surface area contributed by atoms with E-state index in [4.69, 9.17) is 0 Å². The van der Waals surface area contributed by atoms with Crippen LogP contribution >= 0.6 is 11.3 Å². The fraction of sp³-hybridized carbons (Fsp3) is 0.500. The van der Waals surface area contributed by atoms with E-state index < -0.39 is 0 Å². The first kappa shape index (κ1) is 23.1. The first-order valence-electron chi connectivity index (χ1n) is 10.8. The van der Waals surface area contributed by atoms with Crippen molar-refractivity contribution in [1.82, 2.24) is 9.80 Å². The van der Waals surface area contributed by atoms with Crippen LogP contribution < -0.4 is 0 Å². The van der Waals surface area contributed by atoms with Gasteiger partial charge in [-0.2, -0.15) is 0 Å². The van der Waals surface area contributed by atoms with Crippen LogP contribution in [0.5, 0.6) is 0 Å². The van der Waals surface area contributed by atoms with Crippen molar-refractivity contribution in [3.8, 4) is 0 Å². The van der Waals surface area contributed by atoms with Crippen LogP contribution in [0.4, 0.5) is 0 Å². The number of thiophene rings is 1. The Bertz CT molecular complexity index is 716. The third kappa shape index (κ3) is 8.40. The van der Waals surface area contributed by atoms with Crippen molar-refractivity contribution in [3.05, 3.63) is 58.3 Å². The average Bonchev–Trinajstić information content (AvgIpc) is 3.24. The second kappa shape index (κ2) is 13.2. The van der Waals surface area contributed by atoms with E-state index >= 15 is 0 Å². The van der Waals surface area contributed by atoms with Gasteiger partial charge in [0.25, 0.3) is 0 Å². The molecule has 1 aromatic heterocycles. The summed E-state index contributed by atoms with van der Waals surface area (Å²) in [5.74, 6) is 0.115. The number of rotatable bonds is 13. The molecular formula is C24H34N2O2S. The Hall–Kier alpha value is -2.14. The fourth-order valence-corrected chi connectivity index (χ4v) is 4.03. The molecule has 0 aliphatic carbocycles. The number of carbonyl (C=O) groups excluding carboxylic acids is 2. The zero-order valence-corrected chi connectivity index (χ0v) is 18.6. The average molecular weight is 415 g/mol. The number of nitrogens with zero attached hydrogens (tertiary/aromatic N) is 2. The molecule has 0 fully saturated rings. The van der Waals surface area contributed by atoms with Gasteiger partial charge in [0.05, 0.1) is 13.1 Å². The van der Waals surface area contributed by atoms with Gasteiger partial charge in [-0.05, 0) is 29.9 Å². The summed E-state index contributed by atoms with van der Waals surface area (Å²) in [5.41, 5.74) is 1.10. The molecule has 0 spiro atoms. The van der Waals surface area contributed by atoms with Gasteiger partial charge in [0.1, 0.15) is 0 Å². The molecule has 4 nitrogen and oxygen atoms in total. The summed E-state index contributed by atoms with van der Waals surface area (Å²) in [7, 11) is 0. The third-order valence-corrected chi connectivity index (χ3v) is 5.77. The minimum atomic E-state index is 0.0117. The Morgan fingerprint density at radius 1 is 0.828 bits per heavy atom. The lowest BCUT2D eigenvalue weighted by atomic mass is 10.1. The molecule has 1 heterocycles. The van der Waals surface area contributed by atoms with Crippen LogP contribution in [-0.4, -0.2) is 34.7 Å². The number of hydrogen-bond donors (Lipinski definition) is 0. The highest BCUT2D eigenvalue weighted by atomic mass is 32.1. The van der Waals surface area contributed by atoms with Crippen molar-refractivity contribution >= 4 is 23.2 Å². The van der Waals surface area contributed by atoms with Crippen molar-refractivity contribution in [2.24, 2.45) is 0 Å². The van der Waals surface area contributed by atoms with Crippen molar-refractivity contribution in [1.29, 1.82) is 0 Å². The minimum Gasteiger partial charge on any atom is -0.333 e. The van der Waals surface area contributed by atoms with Crippen LogP contribution in [0.2, 0.25) is 0 Å².